The zero-order valence-electron chi connectivity index (χ0n) is 15.5. The van der Waals surface area contributed by atoms with E-state index in [2.05, 4.69) is 41.7 Å². The Kier molecular flexibility index (Phi) is 3.83. The molecule has 140 valence electrons. The molecule has 0 unspecified atom stereocenters. The Morgan fingerprint density at radius 2 is 2.00 bits per heavy atom. The van der Waals surface area contributed by atoms with Gasteiger partial charge in [0.15, 0.2) is 5.75 Å². The first-order valence-corrected chi connectivity index (χ1v) is 9.44. The highest BCUT2D eigenvalue weighted by Crippen LogP contribution is 2.52. The molecular formula is C23H20N2O3. The van der Waals surface area contributed by atoms with Gasteiger partial charge in [-0.05, 0) is 34.9 Å². The molecule has 5 rings (SSSR count). The highest BCUT2D eigenvalue weighted by Gasteiger charge is 2.39. The maximum absolute atomic E-state index is 11.5. The molecule has 0 saturated carbocycles. The lowest BCUT2D eigenvalue weighted by Crippen LogP contribution is -2.29. The summed E-state index contributed by atoms with van der Waals surface area (Å²) >= 11 is 0. The van der Waals surface area contributed by atoms with Gasteiger partial charge in [-0.3, -0.25) is 10.1 Å². The number of hydrogen-bond acceptors (Lipinski definition) is 4. The van der Waals surface area contributed by atoms with Gasteiger partial charge in [-0.25, -0.2) is 0 Å². The molecule has 0 amide bonds. The Labute approximate surface area is 162 Å². The minimum absolute atomic E-state index is 0.00270. The quantitative estimate of drug-likeness (QED) is 0.370. The number of hydrogen-bond donors (Lipinski definition) is 1. The number of nitro benzene ring substituents is 1. The van der Waals surface area contributed by atoms with Gasteiger partial charge >= 0.3 is 5.69 Å². The average Bonchev–Trinajstić information content (AvgIpc) is 3.22. The Morgan fingerprint density at radius 1 is 1.14 bits per heavy atom. The molecule has 3 aromatic carbocycles. The Balaban J connectivity index is 1.66. The number of ether oxygens (including phenoxy) is 1. The Bertz CT molecular complexity index is 1120. The fourth-order valence-corrected chi connectivity index (χ4v) is 4.71. The van der Waals surface area contributed by atoms with Gasteiger partial charge in [0, 0.05) is 23.1 Å². The van der Waals surface area contributed by atoms with Gasteiger partial charge in [0.1, 0.15) is 0 Å². The number of nitrogens with zero attached hydrogens (tertiary/aromatic N) is 1. The van der Waals surface area contributed by atoms with Gasteiger partial charge in [0.05, 0.1) is 18.1 Å². The summed E-state index contributed by atoms with van der Waals surface area (Å²) < 4.78 is 5.18. The third-order valence-electron chi connectivity index (χ3n) is 6.02. The van der Waals surface area contributed by atoms with Crippen LogP contribution >= 0.6 is 0 Å². The van der Waals surface area contributed by atoms with E-state index in [1.165, 1.54) is 23.4 Å². The van der Waals surface area contributed by atoms with Crippen LogP contribution in [0.5, 0.6) is 5.75 Å². The topological polar surface area (TPSA) is 64.4 Å². The highest BCUT2D eigenvalue weighted by atomic mass is 16.6. The summed E-state index contributed by atoms with van der Waals surface area (Å²) in [6.45, 7) is 0. The first kappa shape index (κ1) is 16.8. The van der Waals surface area contributed by atoms with Crippen molar-refractivity contribution in [2.75, 3.05) is 12.4 Å². The molecule has 0 radical (unpaired) electrons. The normalized spacial score (nSPS) is 22.4. The number of methoxy groups -OCH3 is 1. The van der Waals surface area contributed by atoms with Crippen molar-refractivity contribution in [3.63, 3.8) is 0 Å². The molecule has 0 bridgehead atoms. The molecule has 5 heteroatoms. The second kappa shape index (κ2) is 6.37. The maximum atomic E-state index is 11.5. The van der Waals surface area contributed by atoms with E-state index in [9.17, 15) is 10.1 Å². The Morgan fingerprint density at radius 3 is 2.82 bits per heavy atom. The van der Waals surface area contributed by atoms with Crippen molar-refractivity contribution in [3.05, 3.63) is 88.0 Å². The number of nitro groups is 1. The van der Waals surface area contributed by atoms with Gasteiger partial charge in [0.2, 0.25) is 0 Å². The maximum Gasteiger partial charge on any atom is 0.311 e. The van der Waals surface area contributed by atoms with Crippen LogP contribution in [-0.2, 0) is 0 Å². The minimum atomic E-state index is -0.376. The molecule has 3 atom stereocenters. The van der Waals surface area contributed by atoms with Crippen LogP contribution in [-0.4, -0.2) is 12.0 Å². The van der Waals surface area contributed by atoms with Crippen molar-refractivity contribution >= 4 is 22.1 Å². The number of benzene rings is 3. The van der Waals surface area contributed by atoms with E-state index in [0.29, 0.717) is 11.8 Å². The van der Waals surface area contributed by atoms with E-state index >= 15 is 0 Å². The lowest BCUT2D eigenvalue weighted by Gasteiger charge is -2.38. The molecule has 1 N–H and O–H groups in total. The summed E-state index contributed by atoms with van der Waals surface area (Å²) in [5, 5.41) is 17.6. The molecule has 0 saturated heterocycles. The second-order valence-corrected chi connectivity index (χ2v) is 7.41. The van der Waals surface area contributed by atoms with Crippen LogP contribution in [0.2, 0.25) is 0 Å². The third-order valence-corrected chi connectivity index (χ3v) is 6.02. The fourth-order valence-electron chi connectivity index (χ4n) is 4.71. The first-order valence-electron chi connectivity index (χ1n) is 9.44. The summed E-state index contributed by atoms with van der Waals surface area (Å²) in [6.07, 6.45) is 5.46. The van der Waals surface area contributed by atoms with Crippen LogP contribution in [0.25, 0.3) is 10.8 Å². The zero-order chi connectivity index (χ0) is 19.3. The standard InChI is InChI=1S/C23H20N2O3/c1-28-21-12-10-15(13-20(21)25(26)27)22-18-8-4-7-17(18)19-11-9-14-5-2-3-6-16(14)23(19)24-22/h2-7,9-13,17-18,22,24H,8H2,1H3/t17-,18-,22+/m1/s1. The summed E-state index contributed by atoms with van der Waals surface area (Å²) in [6, 6.07) is 18.0. The number of allylic oxidation sites excluding steroid dienone is 2. The van der Waals surface area contributed by atoms with Crippen LogP contribution in [0.1, 0.15) is 29.5 Å². The smallest absolute Gasteiger partial charge is 0.311 e. The molecule has 1 aliphatic heterocycles. The van der Waals surface area contributed by atoms with Crippen LogP contribution in [0.15, 0.2) is 66.7 Å². The highest BCUT2D eigenvalue weighted by molar-refractivity contribution is 5.96. The summed E-state index contributed by atoms with van der Waals surface area (Å²) in [4.78, 5) is 11.1. The number of anilines is 1. The molecule has 28 heavy (non-hydrogen) atoms. The zero-order valence-corrected chi connectivity index (χ0v) is 15.5. The molecule has 0 aromatic heterocycles. The largest absolute Gasteiger partial charge is 0.490 e. The van der Waals surface area contributed by atoms with Crippen molar-refractivity contribution in [3.8, 4) is 5.75 Å². The van der Waals surface area contributed by atoms with Crippen LogP contribution in [0, 0.1) is 16.0 Å². The van der Waals surface area contributed by atoms with Gasteiger partial charge in [-0.2, -0.15) is 0 Å². The van der Waals surface area contributed by atoms with Crippen molar-refractivity contribution in [2.24, 2.45) is 5.92 Å². The lowest BCUT2D eigenvalue weighted by molar-refractivity contribution is -0.385. The van der Waals surface area contributed by atoms with E-state index in [1.807, 2.05) is 18.2 Å². The molecule has 3 aromatic rings. The van der Waals surface area contributed by atoms with Gasteiger partial charge in [-0.1, -0.05) is 54.6 Å². The van der Waals surface area contributed by atoms with Crippen molar-refractivity contribution < 1.29 is 9.66 Å². The lowest BCUT2D eigenvalue weighted by atomic mass is 9.76. The number of fused-ring (bicyclic) bond motifs is 5. The van der Waals surface area contributed by atoms with Crippen LogP contribution in [0.3, 0.4) is 0 Å². The van der Waals surface area contributed by atoms with E-state index < -0.39 is 0 Å². The number of nitrogens with one attached hydrogen (secondary N) is 1. The third kappa shape index (κ3) is 2.47. The van der Waals surface area contributed by atoms with Gasteiger partial charge in [0.25, 0.3) is 0 Å². The Hall–Kier alpha value is -3.34. The molecule has 1 heterocycles. The average molecular weight is 372 g/mol. The number of rotatable bonds is 3. The van der Waals surface area contributed by atoms with Crippen molar-refractivity contribution in [2.45, 2.75) is 18.4 Å². The second-order valence-electron chi connectivity index (χ2n) is 7.41. The first-order chi connectivity index (χ1) is 13.7. The molecule has 0 fully saturated rings. The van der Waals surface area contributed by atoms with Crippen molar-refractivity contribution in [1.29, 1.82) is 0 Å². The van der Waals surface area contributed by atoms with E-state index in [1.54, 1.807) is 12.1 Å². The predicted octanol–water partition coefficient (Wildman–Crippen LogP) is 5.58. The minimum Gasteiger partial charge on any atom is -0.490 e. The van der Waals surface area contributed by atoms with E-state index in [4.69, 9.17) is 4.74 Å². The molecular weight excluding hydrogens is 352 g/mol. The molecule has 1 aliphatic carbocycles. The van der Waals surface area contributed by atoms with E-state index in [-0.39, 0.29) is 22.4 Å². The monoisotopic (exact) mass is 372 g/mol. The predicted molar refractivity (Wildman–Crippen MR) is 110 cm³/mol. The fraction of sp³-hybridized carbons (Fsp3) is 0.217. The van der Waals surface area contributed by atoms with E-state index in [0.717, 1.165) is 17.7 Å². The van der Waals surface area contributed by atoms with Crippen LogP contribution < -0.4 is 10.1 Å². The molecule has 5 nitrogen and oxygen atoms in total. The summed E-state index contributed by atoms with van der Waals surface area (Å²) in [5.41, 5.74) is 3.36. The summed E-state index contributed by atoms with van der Waals surface area (Å²) in [7, 11) is 1.46. The molecule has 0 spiro atoms. The van der Waals surface area contributed by atoms with Gasteiger partial charge in [-0.15, -0.1) is 0 Å². The SMILES string of the molecule is COc1ccc([C@@H]2Nc3c(ccc4ccccc34)[C@@H]3C=CC[C@H]32)cc1[N+](=O)[O-]. The van der Waals surface area contributed by atoms with Crippen LogP contribution in [0.4, 0.5) is 11.4 Å². The van der Waals surface area contributed by atoms with Gasteiger partial charge < -0.3 is 10.1 Å². The summed E-state index contributed by atoms with van der Waals surface area (Å²) in [5.74, 6) is 0.935. The van der Waals surface area contributed by atoms with Crippen molar-refractivity contribution in [1.82, 2.24) is 0 Å². The molecule has 2 aliphatic rings.